The number of thiophene rings is 1. The van der Waals surface area contributed by atoms with E-state index in [0.717, 1.165) is 29.7 Å². The van der Waals surface area contributed by atoms with Crippen LogP contribution in [0.3, 0.4) is 0 Å². The summed E-state index contributed by atoms with van der Waals surface area (Å²) in [6.45, 7) is 1.87. The molecule has 1 aliphatic heterocycles. The van der Waals surface area contributed by atoms with Crippen molar-refractivity contribution in [2.45, 2.75) is 38.6 Å². The molecule has 0 spiro atoms. The van der Waals surface area contributed by atoms with Gasteiger partial charge in [0.25, 0.3) is 11.8 Å². The minimum absolute atomic E-state index is 0.0602. The number of carbonyl (C=O) groups is 2. The molecule has 1 fully saturated rings. The van der Waals surface area contributed by atoms with Crippen LogP contribution in [0.1, 0.15) is 40.6 Å². The number of sulfone groups is 1. The largest absolute Gasteiger partial charge is 0.484 e. The summed E-state index contributed by atoms with van der Waals surface area (Å²) in [6.07, 6.45) is 2.91. The van der Waals surface area contributed by atoms with Crippen molar-refractivity contribution in [2.75, 3.05) is 23.4 Å². The van der Waals surface area contributed by atoms with E-state index in [4.69, 9.17) is 4.74 Å². The Hall–Kier alpha value is -2.46. The first kappa shape index (κ1) is 22.7. The second-order valence-corrected chi connectivity index (χ2v) is 11.8. The molecule has 0 bridgehead atoms. The SMILES string of the molecule is C[C@@H]1CCc2c(sc(NC(=O)COc3ccc(F)cc3)c2C(=O)N[C@H]2CCS(=O)(=O)C2)C1. The second kappa shape index (κ2) is 9.19. The fraction of sp³-hybridized carbons (Fsp3) is 0.455. The number of anilines is 1. The van der Waals surface area contributed by atoms with Gasteiger partial charge in [-0.2, -0.15) is 0 Å². The zero-order chi connectivity index (χ0) is 22.9. The van der Waals surface area contributed by atoms with Crippen LogP contribution in [0.5, 0.6) is 5.75 Å². The zero-order valence-electron chi connectivity index (χ0n) is 17.6. The molecule has 1 aliphatic carbocycles. The fourth-order valence-electron chi connectivity index (χ4n) is 4.09. The van der Waals surface area contributed by atoms with Gasteiger partial charge in [0.1, 0.15) is 16.6 Å². The molecule has 2 aliphatic rings. The number of fused-ring (bicyclic) bond motifs is 1. The van der Waals surface area contributed by atoms with Crippen molar-refractivity contribution >= 4 is 38.0 Å². The maximum Gasteiger partial charge on any atom is 0.262 e. The zero-order valence-corrected chi connectivity index (χ0v) is 19.3. The number of halogens is 1. The molecule has 2 N–H and O–H groups in total. The third-order valence-electron chi connectivity index (χ3n) is 5.74. The standard InChI is InChI=1S/C22H25FN2O5S2/c1-13-2-7-17-18(10-13)31-22(20(17)21(27)24-15-8-9-32(28,29)12-15)25-19(26)11-30-16-5-3-14(23)4-6-16/h3-6,13,15H,2,7-12H2,1H3,(H,24,27)(H,25,26)/t13-,15+/m1/s1. The number of hydrogen-bond donors (Lipinski definition) is 2. The van der Waals surface area contributed by atoms with Gasteiger partial charge in [-0.25, -0.2) is 12.8 Å². The van der Waals surface area contributed by atoms with Crippen molar-refractivity contribution in [1.29, 1.82) is 0 Å². The van der Waals surface area contributed by atoms with Gasteiger partial charge in [0.05, 0.1) is 17.1 Å². The van der Waals surface area contributed by atoms with Gasteiger partial charge >= 0.3 is 0 Å². The Bertz CT molecular complexity index is 1130. The van der Waals surface area contributed by atoms with Gasteiger partial charge in [-0.1, -0.05) is 6.92 Å². The molecule has 4 rings (SSSR count). The van der Waals surface area contributed by atoms with E-state index in [-0.39, 0.29) is 24.0 Å². The van der Waals surface area contributed by atoms with E-state index in [1.807, 2.05) is 0 Å². The summed E-state index contributed by atoms with van der Waals surface area (Å²) in [6, 6.07) is 4.93. The van der Waals surface area contributed by atoms with Crippen molar-refractivity contribution in [1.82, 2.24) is 5.32 Å². The van der Waals surface area contributed by atoms with Crippen LogP contribution in [-0.4, -0.2) is 44.4 Å². The maximum atomic E-state index is 13.1. The smallest absolute Gasteiger partial charge is 0.262 e. The summed E-state index contributed by atoms with van der Waals surface area (Å²) in [5.74, 6) is -0.321. The Kier molecular flexibility index (Phi) is 6.52. The van der Waals surface area contributed by atoms with E-state index in [1.165, 1.54) is 35.6 Å². The molecule has 2 aromatic rings. The van der Waals surface area contributed by atoms with Gasteiger partial charge in [0.2, 0.25) is 0 Å². The first-order chi connectivity index (χ1) is 15.2. The summed E-state index contributed by atoms with van der Waals surface area (Å²) in [4.78, 5) is 26.7. The average molecular weight is 481 g/mol. The Morgan fingerprint density at radius 2 is 1.97 bits per heavy atom. The number of carbonyl (C=O) groups excluding carboxylic acids is 2. The summed E-state index contributed by atoms with van der Waals surface area (Å²) >= 11 is 1.39. The second-order valence-electron chi connectivity index (χ2n) is 8.42. The molecule has 1 saturated heterocycles. The first-order valence-electron chi connectivity index (χ1n) is 10.5. The lowest BCUT2D eigenvalue weighted by Crippen LogP contribution is -2.36. The maximum absolute atomic E-state index is 13.1. The minimum atomic E-state index is -3.12. The van der Waals surface area contributed by atoms with Gasteiger partial charge in [-0.15, -0.1) is 11.3 Å². The molecule has 7 nitrogen and oxygen atoms in total. The van der Waals surface area contributed by atoms with Crippen LogP contribution in [0.4, 0.5) is 9.39 Å². The number of benzene rings is 1. The topological polar surface area (TPSA) is 102 Å². The highest BCUT2D eigenvalue weighted by Crippen LogP contribution is 2.39. The van der Waals surface area contributed by atoms with Crippen molar-refractivity contribution in [3.8, 4) is 5.75 Å². The van der Waals surface area contributed by atoms with Crippen LogP contribution < -0.4 is 15.4 Å². The molecule has 0 unspecified atom stereocenters. The van der Waals surface area contributed by atoms with E-state index in [0.29, 0.717) is 28.7 Å². The van der Waals surface area contributed by atoms with E-state index in [1.54, 1.807) is 0 Å². The van der Waals surface area contributed by atoms with E-state index >= 15 is 0 Å². The summed E-state index contributed by atoms with van der Waals surface area (Å²) in [5.41, 5.74) is 1.36. The lowest BCUT2D eigenvalue weighted by molar-refractivity contribution is -0.118. The number of rotatable bonds is 6. The third kappa shape index (κ3) is 5.29. The van der Waals surface area contributed by atoms with Crippen LogP contribution in [0, 0.1) is 11.7 Å². The van der Waals surface area contributed by atoms with E-state index < -0.39 is 27.6 Å². The predicted octanol–water partition coefficient (Wildman–Crippen LogP) is 2.95. The quantitative estimate of drug-likeness (QED) is 0.662. The molecule has 0 radical (unpaired) electrons. The molecule has 2 heterocycles. The Morgan fingerprint density at radius 1 is 1.22 bits per heavy atom. The molecule has 1 aromatic heterocycles. The Balaban J connectivity index is 1.49. The van der Waals surface area contributed by atoms with Gasteiger partial charge in [0.15, 0.2) is 16.4 Å². The number of ether oxygens (including phenoxy) is 1. The highest BCUT2D eigenvalue weighted by Gasteiger charge is 2.33. The lowest BCUT2D eigenvalue weighted by atomic mass is 9.88. The highest BCUT2D eigenvalue weighted by atomic mass is 32.2. The normalized spacial score (nSPS) is 21.6. The molecule has 32 heavy (non-hydrogen) atoms. The molecule has 1 aromatic carbocycles. The summed E-state index contributed by atoms with van der Waals surface area (Å²) in [7, 11) is -3.12. The average Bonchev–Trinajstić information content (AvgIpc) is 3.25. The van der Waals surface area contributed by atoms with Crippen molar-refractivity contribution in [3.63, 3.8) is 0 Å². The molecule has 2 amide bonds. The van der Waals surface area contributed by atoms with Gasteiger partial charge in [-0.3, -0.25) is 9.59 Å². The third-order valence-corrected chi connectivity index (χ3v) is 8.68. The lowest BCUT2D eigenvalue weighted by Gasteiger charge is -2.19. The molecule has 172 valence electrons. The number of amides is 2. The predicted molar refractivity (Wildman–Crippen MR) is 121 cm³/mol. The molecular formula is C22H25FN2O5S2. The van der Waals surface area contributed by atoms with Crippen LogP contribution in [0.2, 0.25) is 0 Å². The van der Waals surface area contributed by atoms with Gasteiger partial charge < -0.3 is 15.4 Å². The van der Waals surface area contributed by atoms with E-state index in [9.17, 15) is 22.4 Å². The molecule has 10 heteroatoms. The van der Waals surface area contributed by atoms with Gasteiger partial charge in [-0.05, 0) is 61.4 Å². The summed E-state index contributed by atoms with van der Waals surface area (Å²) in [5, 5.41) is 6.09. The first-order valence-corrected chi connectivity index (χ1v) is 13.2. The van der Waals surface area contributed by atoms with Crippen molar-refractivity contribution in [2.24, 2.45) is 5.92 Å². The molecular weight excluding hydrogens is 455 g/mol. The molecule has 2 atom stereocenters. The number of nitrogens with one attached hydrogen (secondary N) is 2. The van der Waals surface area contributed by atoms with Crippen LogP contribution in [0.15, 0.2) is 24.3 Å². The molecule has 0 saturated carbocycles. The number of hydrogen-bond acceptors (Lipinski definition) is 6. The van der Waals surface area contributed by atoms with Gasteiger partial charge in [0, 0.05) is 10.9 Å². The van der Waals surface area contributed by atoms with Crippen LogP contribution in [-0.2, 0) is 27.5 Å². The Labute approximate surface area is 190 Å². The highest BCUT2D eigenvalue weighted by molar-refractivity contribution is 7.91. The summed E-state index contributed by atoms with van der Waals surface area (Å²) < 4.78 is 41.9. The van der Waals surface area contributed by atoms with Crippen LogP contribution >= 0.6 is 11.3 Å². The van der Waals surface area contributed by atoms with E-state index in [2.05, 4.69) is 17.6 Å². The monoisotopic (exact) mass is 480 g/mol. The van der Waals surface area contributed by atoms with Crippen molar-refractivity contribution < 1.29 is 27.1 Å². The fourth-order valence-corrected chi connectivity index (χ4v) is 7.19. The van der Waals surface area contributed by atoms with Crippen molar-refractivity contribution in [3.05, 3.63) is 46.1 Å². The Morgan fingerprint density at radius 3 is 2.66 bits per heavy atom. The minimum Gasteiger partial charge on any atom is -0.484 e. The van der Waals surface area contributed by atoms with Crippen LogP contribution in [0.25, 0.3) is 0 Å².